The number of aromatic hydroxyl groups is 1. The molecule has 2 rings (SSSR count). The molecule has 1 atom stereocenters. The molecule has 0 fully saturated rings. The molecule has 1 heterocycles. The molecule has 0 saturated heterocycles. The predicted octanol–water partition coefficient (Wildman–Crippen LogP) is 0.734. The molecule has 1 aliphatic rings. The van der Waals surface area contributed by atoms with Crippen LogP contribution in [0, 0.1) is 5.82 Å². The zero-order valence-corrected chi connectivity index (χ0v) is 8.64. The van der Waals surface area contributed by atoms with E-state index in [0.717, 1.165) is 6.07 Å². The first-order valence-electron chi connectivity index (χ1n) is 4.79. The standard InChI is InChI=1S/C10H10FNO5/c11-4-1-6-10(17-3-16-6)8(9(4)15)5(12)2-7(13)14/h1,5,15H,2-3,12H2,(H,13,14). The van der Waals surface area contributed by atoms with Gasteiger partial charge in [0, 0.05) is 12.1 Å². The van der Waals surface area contributed by atoms with E-state index in [2.05, 4.69) is 0 Å². The van der Waals surface area contributed by atoms with Crippen molar-refractivity contribution in [2.75, 3.05) is 6.79 Å². The predicted molar refractivity (Wildman–Crippen MR) is 53.4 cm³/mol. The van der Waals surface area contributed by atoms with Crippen LogP contribution in [0.5, 0.6) is 17.2 Å². The number of nitrogens with two attached hydrogens (primary N) is 1. The van der Waals surface area contributed by atoms with Gasteiger partial charge in [-0.1, -0.05) is 0 Å². The van der Waals surface area contributed by atoms with Gasteiger partial charge in [0.1, 0.15) is 0 Å². The summed E-state index contributed by atoms with van der Waals surface area (Å²) >= 11 is 0. The molecule has 6 nitrogen and oxygen atoms in total. The van der Waals surface area contributed by atoms with E-state index in [1.807, 2.05) is 0 Å². The van der Waals surface area contributed by atoms with Gasteiger partial charge in [-0.15, -0.1) is 0 Å². The number of carbonyl (C=O) groups is 1. The Morgan fingerprint density at radius 3 is 2.94 bits per heavy atom. The minimum Gasteiger partial charge on any atom is -0.504 e. The van der Waals surface area contributed by atoms with Crippen molar-refractivity contribution in [3.05, 3.63) is 17.4 Å². The molecular weight excluding hydrogens is 233 g/mol. The molecule has 1 aromatic rings. The Balaban J connectivity index is 2.48. The second-order valence-corrected chi connectivity index (χ2v) is 3.56. The Labute approximate surface area is 95.4 Å². The van der Waals surface area contributed by atoms with E-state index in [-0.39, 0.29) is 23.9 Å². The van der Waals surface area contributed by atoms with Crippen LogP contribution in [-0.4, -0.2) is 23.0 Å². The monoisotopic (exact) mass is 243 g/mol. The number of hydrogen-bond donors (Lipinski definition) is 3. The normalized spacial score (nSPS) is 14.7. The van der Waals surface area contributed by atoms with Crippen molar-refractivity contribution in [1.29, 1.82) is 0 Å². The zero-order valence-electron chi connectivity index (χ0n) is 8.64. The van der Waals surface area contributed by atoms with Crippen LogP contribution >= 0.6 is 0 Å². The molecule has 1 aromatic carbocycles. The SMILES string of the molecule is NC(CC(=O)O)c1c(O)c(F)cc2c1OCO2. The van der Waals surface area contributed by atoms with E-state index in [0.29, 0.717) is 0 Å². The van der Waals surface area contributed by atoms with Gasteiger partial charge in [-0.05, 0) is 0 Å². The third kappa shape index (κ3) is 1.96. The van der Waals surface area contributed by atoms with Gasteiger partial charge in [-0.2, -0.15) is 0 Å². The summed E-state index contributed by atoms with van der Waals surface area (Å²) < 4.78 is 23.3. The number of carboxylic acids is 1. The Kier molecular flexibility index (Phi) is 2.76. The van der Waals surface area contributed by atoms with Crippen LogP contribution in [-0.2, 0) is 4.79 Å². The quantitative estimate of drug-likeness (QED) is 0.723. The fraction of sp³-hybridized carbons (Fsp3) is 0.300. The van der Waals surface area contributed by atoms with E-state index in [1.165, 1.54) is 0 Å². The Bertz CT molecular complexity index is 476. The molecular formula is C10H10FNO5. The summed E-state index contributed by atoms with van der Waals surface area (Å²) in [4.78, 5) is 10.6. The van der Waals surface area contributed by atoms with E-state index in [9.17, 15) is 14.3 Å². The van der Waals surface area contributed by atoms with Crippen molar-refractivity contribution >= 4 is 5.97 Å². The molecule has 0 saturated carbocycles. The maximum absolute atomic E-state index is 13.3. The van der Waals surface area contributed by atoms with E-state index in [1.54, 1.807) is 0 Å². The smallest absolute Gasteiger partial charge is 0.305 e. The number of ether oxygens (including phenoxy) is 2. The summed E-state index contributed by atoms with van der Waals surface area (Å²) in [7, 11) is 0. The molecule has 0 amide bonds. The number of benzene rings is 1. The van der Waals surface area contributed by atoms with Crippen molar-refractivity contribution in [2.45, 2.75) is 12.5 Å². The molecule has 0 radical (unpaired) electrons. The van der Waals surface area contributed by atoms with Crippen LogP contribution in [0.25, 0.3) is 0 Å². The fourth-order valence-electron chi connectivity index (χ4n) is 1.66. The van der Waals surface area contributed by atoms with Crippen molar-refractivity contribution in [3.8, 4) is 17.2 Å². The second kappa shape index (κ2) is 4.10. The number of hydrogen-bond acceptors (Lipinski definition) is 5. The highest BCUT2D eigenvalue weighted by Gasteiger charge is 2.29. The Hall–Kier alpha value is -2.02. The average molecular weight is 243 g/mol. The maximum Gasteiger partial charge on any atom is 0.305 e. The van der Waals surface area contributed by atoms with Crippen LogP contribution in [0.2, 0.25) is 0 Å². The molecule has 0 bridgehead atoms. The number of aliphatic carboxylic acids is 1. The highest BCUT2D eigenvalue weighted by atomic mass is 19.1. The van der Waals surface area contributed by atoms with E-state index in [4.69, 9.17) is 20.3 Å². The number of rotatable bonds is 3. The topological polar surface area (TPSA) is 102 Å². The number of phenols is 1. The summed E-state index contributed by atoms with van der Waals surface area (Å²) in [6.07, 6.45) is -0.452. The van der Waals surface area contributed by atoms with Gasteiger partial charge in [-0.25, -0.2) is 4.39 Å². The van der Waals surface area contributed by atoms with Crippen LogP contribution in [0.4, 0.5) is 4.39 Å². The lowest BCUT2D eigenvalue weighted by Gasteiger charge is -2.14. The largest absolute Gasteiger partial charge is 0.504 e. The van der Waals surface area contributed by atoms with Crippen LogP contribution < -0.4 is 15.2 Å². The average Bonchev–Trinajstić information content (AvgIpc) is 2.65. The first-order chi connectivity index (χ1) is 8.00. The molecule has 7 heteroatoms. The van der Waals surface area contributed by atoms with Gasteiger partial charge in [0.2, 0.25) is 6.79 Å². The zero-order chi connectivity index (χ0) is 12.6. The minimum absolute atomic E-state index is 0.0834. The number of halogens is 1. The Morgan fingerprint density at radius 1 is 1.59 bits per heavy atom. The summed E-state index contributed by atoms with van der Waals surface area (Å²) in [5.41, 5.74) is 5.51. The third-order valence-electron chi connectivity index (χ3n) is 2.39. The first kappa shape index (κ1) is 11.5. The minimum atomic E-state index is -1.16. The summed E-state index contributed by atoms with van der Waals surface area (Å²) in [6, 6.07) is -0.104. The number of phenolic OH excluding ortho intramolecular Hbond substituents is 1. The van der Waals surface area contributed by atoms with Crippen molar-refractivity contribution < 1.29 is 28.9 Å². The van der Waals surface area contributed by atoms with E-state index < -0.39 is 30.0 Å². The van der Waals surface area contributed by atoms with Gasteiger partial charge in [-0.3, -0.25) is 4.79 Å². The van der Waals surface area contributed by atoms with Crippen LogP contribution in [0.3, 0.4) is 0 Å². The number of fused-ring (bicyclic) bond motifs is 1. The highest BCUT2D eigenvalue weighted by molar-refractivity contribution is 5.69. The summed E-state index contributed by atoms with van der Waals surface area (Å²) in [5, 5.41) is 18.2. The Morgan fingerprint density at radius 2 is 2.29 bits per heavy atom. The lowest BCUT2D eigenvalue weighted by Crippen LogP contribution is -2.16. The summed E-state index contributed by atoms with van der Waals surface area (Å²) in [5.74, 6) is -2.59. The van der Waals surface area contributed by atoms with Gasteiger partial charge in [0.25, 0.3) is 0 Å². The molecule has 0 spiro atoms. The van der Waals surface area contributed by atoms with E-state index >= 15 is 0 Å². The molecule has 1 unspecified atom stereocenters. The van der Waals surface area contributed by atoms with Gasteiger partial charge < -0.3 is 25.4 Å². The van der Waals surface area contributed by atoms with Crippen molar-refractivity contribution in [3.63, 3.8) is 0 Å². The van der Waals surface area contributed by atoms with Gasteiger partial charge in [0.15, 0.2) is 23.1 Å². The second-order valence-electron chi connectivity index (χ2n) is 3.56. The fourth-order valence-corrected chi connectivity index (χ4v) is 1.66. The molecule has 0 aliphatic carbocycles. The maximum atomic E-state index is 13.3. The lowest BCUT2D eigenvalue weighted by atomic mass is 10.0. The van der Waals surface area contributed by atoms with Gasteiger partial charge >= 0.3 is 5.97 Å². The molecule has 4 N–H and O–H groups in total. The molecule has 0 aromatic heterocycles. The molecule has 17 heavy (non-hydrogen) atoms. The summed E-state index contributed by atoms with van der Waals surface area (Å²) in [6.45, 7) is -0.120. The van der Waals surface area contributed by atoms with Crippen molar-refractivity contribution in [2.24, 2.45) is 5.73 Å². The third-order valence-corrected chi connectivity index (χ3v) is 2.39. The molecule has 1 aliphatic heterocycles. The van der Waals surface area contributed by atoms with Crippen LogP contribution in [0.15, 0.2) is 6.07 Å². The highest BCUT2D eigenvalue weighted by Crippen LogP contribution is 2.45. The van der Waals surface area contributed by atoms with Gasteiger partial charge in [0.05, 0.1) is 12.0 Å². The first-order valence-corrected chi connectivity index (χ1v) is 4.79. The van der Waals surface area contributed by atoms with Crippen LogP contribution in [0.1, 0.15) is 18.0 Å². The van der Waals surface area contributed by atoms with Crippen molar-refractivity contribution in [1.82, 2.24) is 0 Å². The molecule has 92 valence electrons. The lowest BCUT2D eigenvalue weighted by molar-refractivity contribution is -0.137. The number of carboxylic acid groups (broad SMARTS) is 1.